The number of benzene rings is 2. The number of hydrogen-bond donors (Lipinski definition) is 0. The maximum absolute atomic E-state index is 12.3. The van der Waals surface area contributed by atoms with Gasteiger partial charge in [-0.05, 0) is 39.0 Å². The fourth-order valence-corrected chi connectivity index (χ4v) is 3.01. The molecule has 0 atom stereocenters. The molecule has 0 aliphatic rings. The SMILES string of the molecule is COC(=O)c1cccc(C(=O)OC)c1Oc1c([N+](=O)[O-])ccc(CC(=O)OC(C)(C)C)c1[N+](=O)[O-]. The number of esters is 3. The van der Waals surface area contributed by atoms with E-state index in [4.69, 9.17) is 9.47 Å². The molecular weight excluding hydrogens is 468 g/mol. The first-order valence-corrected chi connectivity index (χ1v) is 9.94. The van der Waals surface area contributed by atoms with Gasteiger partial charge in [-0.1, -0.05) is 6.07 Å². The number of nitrogens with zero attached hydrogens (tertiary/aromatic N) is 2. The summed E-state index contributed by atoms with van der Waals surface area (Å²) in [5.74, 6) is -4.26. The quantitative estimate of drug-likeness (QED) is 0.228. The Morgan fingerprint density at radius 2 is 1.40 bits per heavy atom. The lowest BCUT2D eigenvalue weighted by Crippen LogP contribution is -2.25. The van der Waals surface area contributed by atoms with Crippen LogP contribution in [0.15, 0.2) is 30.3 Å². The Morgan fingerprint density at radius 3 is 1.83 bits per heavy atom. The van der Waals surface area contributed by atoms with E-state index >= 15 is 0 Å². The molecule has 0 amide bonds. The summed E-state index contributed by atoms with van der Waals surface area (Å²) in [6.07, 6.45) is -0.607. The second-order valence-electron chi connectivity index (χ2n) is 7.97. The Morgan fingerprint density at radius 1 is 0.857 bits per heavy atom. The van der Waals surface area contributed by atoms with Gasteiger partial charge in [-0.3, -0.25) is 25.0 Å². The summed E-state index contributed by atoms with van der Waals surface area (Å²) >= 11 is 0. The van der Waals surface area contributed by atoms with E-state index in [1.807, 2.05) is 0 Å². The van der Waals surface area contributed by atoms with Crippen molar-refractivity contribution in [2.24, 2.45) is 0 Å². The molecule has 13 heteroatoms. The van der Waals surface area contributed by atoms with Gasteiger partial charge in [-0.15, -0.1) is 0 Å². The topological polar surface area (TPSA) is 174 Å². The van der Waals surface area contributed by atoms with Crippen molar-refractivity contribution >= 4 is 29.3 Å². The number of rotatable bonds is 8. The van der Waals surface area contributed by atoms with Crippen LogP contribution in [0.4, 0.5) is 11.4 Å². The third-order valence-corrected chi connectivity index (χ3v) is 4.36. The first-order chi connectivity index (χ1) is 16.3. The van der Waals surface area contributed by atoms with Crippen molar-refractivity contribution in [2.75, 3.05) is 14.2 Å². The van der Waals surface area contributed by atoms with Crippen LogP contribution in [0.1, 0.15) is 47.1 Å². The molecule has 2 aromatic carbocycles. The Kier molecular flexibility index (Phi) is 8.08. The van der Waals surface area contributed by atoms with Crippen LogP contribution in [0.3, 0.4) is 0 Å². The lowest BCUT2D eigenvalue weighted by atomic mass is 10.1. The smallest absolute Gasteiger partial charge is 0.341 e. The van der Waals surface area contributed by atoms with Gasteiger partial charge in [-0.2, -0.15) is 0 Å². The molecule has 35 heavy (non-hydrogen) atoms. The van der Waals surface area contributed by atoms with Gasteiger partial charge in [0.25, 0.3) is 5.75 Å². The highest BCUT2D eigenvalue weighted by atomic mass is 16.6. The molecule has 0 bridgehead atoms. The molecule has 2 rings (SSSR count). The normalized spacial score (nSPS) is 10.8. The Hall–Kier alpha value is -4.55. The molecule has 186 valence electrons. The first kappa shape index (κ1) is 26.7. The number of methoxy groups -OCH3 is 2. The van der Waals surface area contributed by atoms with E-state index in [0.29, 0.717) is 0 Å². The van der Waals surface area contributed by atoms with Gasteiger partial charge in [-0.25, -0.2) is 9.59 Å². The summed E-state index contributed by atoms with van der Waals surface area (Å²) in [4.78, 5) is 58.6. The molecule has 0 N–H and O–H groups in total. The number of carbonyl (C=O) groups is 3. The van der Waals surface area contributed by atoms with E-state index in [-0.39, 0.29) is 16.7 Å². The molecule has 2 aromatic rings. The minimum atomic E-state index is -0.985. The van der Waals surface area contributed by atoms with E-state index in [1.165, 1.54) is 18.2 Å². The average molecular weight is 490 g/mol. The highest BCUT2D eigenvalue weighted by Crippen LogP contribution is 2.44. The molecule has 0 aromatic heterocycles. The second kappa shape index (κ2) is 10.6. The molecule has 0 fully saturated rings. The molecule has 0 saturated heterocycles. The molecule has 0 spiro atoms. The summed E-state index contributed by atoms with van der Waals surface area (Å²) in [6, 6.07) is 5.61. The van der Waals surface area contributed by atoms with Crippen LogP contribution in [0, 0.1) is 20.2 Å². The van der Waals surface area contributed by atoms with Crippen LogP contribution in [0.2, 0.25) is 0 Å². The first-order valence-electron chi connectivity index (χ1n) is 9.94. The predicted octanol–water partition coefficient (Wildman–Crippen LogP) is 3.75. The Labute approximate surface area is 198 Å². The van der Waals surface area contributed by atoms with Crippen molar-refractivity contribution in [2.45, 2.75) is 32.8 Å². The summed E-state index contributed by atoms with van der Waals surface area (Å²) in [6.45, 7) is 4.80. The van der Waals surface area contributed by atoms with Gasteiger partial charge in [0, 0.05) is 11.6 Å². The van der Waals surface area contributed by atoms with E-state index in [9.17, 15) is 34.6 Å². The maximum atomic E-state index is 12.3. The van der Waals surface area contributed by atoms with Gasteiger partial charge in [0.15, 0.2) is 5.75 Å². The van der Waals surface area contributed by atoms with E-state index in [0.717, 1.165) is 26.4 Å². The largest absolute Gasteiger partial charge is 0.465 e. The van der Waals surface area contributed by atoms with Crippen molar-refractivity contribution in [3.05, 3.63) is 67.3 Å². The molecular formula is C22H22N2O11. The lowest BCUT2D eigenvalue weighted by molar-refractivity contribution is -0.396. The second-order valence-corrected chi connectivity index (χ2v) is 7.97. The van der Waals surface area contributed by atoms with Crippen LogP contribution in [0.5, 0.6) is 11.5 Å². The molecule has 0 aliphatic heterocycles. The summed E-state index contributed by atoms with van der Waals surface area (Å²) in [5.41, 5.74) is -3.60. The molecule has 0 aliphatic carbocycles. The van der Waals surface area contributed by atoms with Crippen LogP contribution >= 0.6 is 0 Å². The van der Waals surface area contributed by atoms with Crippen LogP contribution in [-0.4, -0.2) is 47.6 Å². The standard InChI is InChI=1S/C22H22N2O11/c1-22(2,3)35-16(25)11-12-9-10-15(23(28)29)19(17(12)24(30)31)34-18-13(20(26)32-4)7-6-8-14(18)21(27)33-5/h6-10H,11H2,1-5H3. The predicted molar refractivity (Wildman–Crippen MR) is 118 cm³/mol. The third-order valence-electron chi connectivity index (χ3n) is 4.36. The number of para-hydroxylation sites is 1. The number of ether oxygens (including phenoxy) is 4. The monoisotopic (exact) mass is 490 g/mol. The third kappa shape index (κ3) is 6.28. The lowest BCUT2D eigenvalue weighted by Gasteiger charge is -2.19. The van der Waals surface area contributed by atoms with Crippen molar-refractivity contribution in [3.63, 3.8) is 0 Å². The highest BCUT2D eigenvalue weighted by Gasteiger charge is 2.35. The molecule has 13 nitrogen and oxygen atoms in total. The van der Waals surface area contributed by atoms with E-state index < -0.39 is 62.7 Å². The number of nitro benzene ring substituents is 2. The summed E-state index contributed by atoms with van der Waals surface area (Å²) in [7, 11) is 2.09. The van der Waals surface area contributed by atoms with Crippen molar-refractivity contribution in [3.8, 4) is 11.5 Å². The zero-order valence-corrected chi connectivity index (χ0v) is 19.5. The zero-order valence-electron chi connectivity index (χ0n) is 19.5. The molecule has 0 saturated carbocycles. The summed E-state index contributed by atoms with van der Waals surface area (Å²) < 4.78 is 20.1. The molecule has 0 unspecified atom stereocenters. The van der Waals surface area contributed by atoms with Crippen LogP contribution in [-0.2, 0) is 25.4 Å². The molecule has 0 radical (unpaired) electrons. The Bertz CT molecular complexity index is 1160. The van der Waals surface area contributed by atoms with Crippen molar-refractivity contribution in [1.82, 2.24) is 0 Å². The zero-order chi connectivity index (χ0) is 26.5. The van der Waals surface area contributed by atoms with Crippen LogP contribution < -0.4 is 4.74 Å². The van der Waals surface area contributed by atoms with Gasteiger partial charge in [0.2, 0.25) is 0 Å². The number of hydrogen-bond acceptors (Lipinski definition) is 11. The van der Waals surface area contributed by atoms with Gasteiger partial charge >= 0.3 is 29.3 Å². The van der Waals surface area contributed by atoms with Gasteiger partial charge in [0.1, 0.15) is 16.7 Å². The minimum absolute atomic E-state index is 0.250. The summed E-state index contributed by atoms with van der Waals surface area (Å²) in [5, 5.41) is 23.7. The fourth-order valence-electron chi connectivity index (χ4n) is 3.01. The average Bonchev–Trinajstić information content (AvgIpc) is 2.76. The van der Waals surface area contributed by atoms with Crippen molar-refractivity contribution in [1.29, 1.82) is 0 Å². The fraction of sp³-hybridized carbons (Fsp3) is 0.318. The van der Waals surface area contributed by atoms with E-state index in [1.54, 1.807) is 20.8 Å². The van der Waals surface area contributed by atoms with Crippen molar-refractivity contribution < 1.29 is 43.2 Å². The highest BCUT2D eigenvalue weighted by molar-refractivity contribution is 6.00. The number of nitro groups is 2. The molecule has 0 heterocycles. The van der Waals surface area contributed by atoms with Gasteiger partial charge in [0.05, 0.1) is 30.5 Å². The number of carbonyl (C=O) groups excluding carboxylic acids is 3. The Balaban J connectivity index is 2.79. The maximum Gasteiger partial charge on any atom is 0.341 e. The van der Waals surface area contributed by atoms with E-state index in [2.05, 4.69) is 9.47 Å². The van der Waals surface area contributed by atoms with Gasteiger partial charge < -0.3 is 18.9 Å². The minimum Gasteiger partial charge on any atom is -0.465 e. The van der Waals surface area contributed by atoms with Crippen LogP contribution in [0.25, 0.3) is 0 Å².